The Labute approximate surface area is 114 Å². The summed E-state index contributed by atoms with van der Waals surface area (Å²) in [5, 5.41) is 0. The molecule has 0 saturated heterocycles. The Bertz CT molecular complexity index is 589. The maximum Gasteiger partial charge on any atom is 0.106 e. The zero-order valence-corrected chi connectivity index (χ0v) is 12.0. The fourth-order valence-electron chi connectivity index (χ4n) is 1.65. The second-order valence-electron chi connectivity index (χ2n) is 3.81. The van der Waals surface area contributed by atoms with E-state index in [2.05, 4.69) is 20.9 Å². The molecule has 0 amide bonds. The molecule has 0 radical (unpaired) electrons. The van der Waals surface area contributed by atoms with Crippen LogP contribution in [0.25, 0.3) is 5.69 Å². The lowest BCUT2D eigenvalue weighted by Gasteiger charge is -2.11. The number of aromatic nitrogens is 2. The summed E-state index contributed by atoms with van der Waals surface area (Å²) in [5.74, 6) is 0. The third-order valence-electron chi connectivity index (χ3n) is 2.74. The van der Waals surface area contributed by atoms with Crippen LogP contribution in [0.5, 0.6) is 0 Å². The number of hydrogen-bond acceptors (Lipinski definition) is 2. The van der Waals surface area contributed by atoms with Crippen LogP contribution in [0, 0.1) is 13.8 Å². The quantitative estimate of drug-likeness (QED) is 0.868. The molecule has 17 heavy (non-hydrogen) atoms. The third kappa shape index (κ3) is 2.25. The average molecular weight is 310 g/mol. The van der Waals surface area contributed by atoms with Gasteiger partial charge in [-0.15, -0.1) is 0 Å². The summed E-state index contributed by atoms with van der Waals surface area (Å²) in [4.78, 5) is 4.67. The van der Waals surface area contributed by atoms with Crippen molar-refractivity contribution in [2.45, 2.75) is 13.8 Å². The van der Waals surface area contributed by atoms with Crippen molar-refractivity contribution in [3.8, 4) is 5.69 Å². The largest absolute Gasteiger partial charge is 0.389 e. The van der Waals surface area contributed by atoms with E-state index in [1.165, 1.54) is 0 Å². The standard InChI is InChI=1S/C12H12BrN3S/c1-7-8(2)16(6-15-7)11-5-9(13)3-4-10(11)12(14)17/h3-6H,1-2H3,(H2,14,17). The highest BCUT2D eigenvalue weighted by Crippen LogP contribution is 2.22. The molecule has 88 valence electrons. The van der Waals surface area contributed by atoms with Gasteiger partial charge in [-0.3, -0.25) is 0 Å². The van der Waals surface area contributed by atoms with Crippen molar-refractivity contribution < 1.29 is 0 Å². The number of rotatable bonds is 2. The summed E-state index contributed by atoms with van der Waals surface area (Å²) in [6.07, 6.45) is 1.79. The predicted molar refractivity (Wildman–Crippen MR) is 76.6 cm³/mol. The van der Waals surface area contributed by atoms with Crippen molar-refractivity contribution in [1.82, 2.24) is 9.55 Å². The van der Waals surface area contributed by atoms with E-state index in [0.717, 1.165) is 27.1 Å². The van der Waals surface area contributed by atoms with Crippen molar-refractivity contribution in [1.29, 1.82) is 0 Å². The molecule has 0 atom stereocenters. The summed E-state index contributed by atoms with van der Waals surface area (Å²) in [7, 11) is 0. The van der Waals surface area contributed by atoms with E-state index in [1.807, 2.05) is 36.6 Å². The lowest BCUT2D eigenvalue weighted by atomic mass is 10.1. The maximum atomic E-state index is 5.74. The molecule has 2 aromatic rings. The number of aryl methyl sites for hydroxylation is 1. The van der Waals surface area contributed by atoms with Crippen LogP contribution < -0.4 is 5.73 Å². The first kappa shape index (κ1) is 12.3. The minimum Gasteiger partial charge on any atom is -0.389 e. The molecular weight excluding hydrogens is 298 g/mol. The van der Waals surface area contributed by atoms with Gasteiger partial charge < -0.3 is 10.3 Å². The second-order valence-corrected chi connectivity index (χ2v) is 5.17. The molecule has 0 bridgehead atoms. The van der Waals surface area contributed by atoms with Gasteiger partial charge in [0, 0.05) is 15.7 Å². The fourth-order valence-corrected chi connectivity index (χ4v) is 2.18. The Morgan fingerprint density at radius 3 is 2.65 bits per heavy atom. The Balaban J connectivity index is 2.69. The summed E-state index contributed by atoms with van der Waals surface area (Å²) in [6, 6.07) is 5.83. The van der Waals surface area contributed by atoms with E-state index in [9.17, 15) is 0 Å². The zero-order chi connectivity index (χ0) is 12.6. The molecule has 5 heteroatoms. The van der Waals surface area contributed by atoms with Crippen LogP contribution >= 0.6 is 28.1 Å². The SMILES string of the molecule is Cc1ncn(-c2cc(Br)ccc2C(N)=S)c1C. The molecule has 2 N–H and O–H groups in total. The smallest absolute Gasteiger partial charge is 0.106 e. The van der Waals surface area contributed by atoms with Crippen LogP contribution in [0.1, 0.15) is 17.0 Å². The molecule has 0 saturated carbocycles. The van der Waals surface area contributed by atoms with Gasteiger partial charge in [-0.2, -0.15) is 0 Å². The molecule has 1 aromatic heterocycles. The van der Waals surface area contributed by atoms with Gasteiger partial charge in [0.05, 0.1) is 17.7 Å². The molecule has 1 heterocycles. The highest BCUT2D eigenvalue weighted by atomic mass is 79.9. The van der Waals surface area contributed by atoms with E-state index in [-0.39, 0.29) is 0 Å². The van der Waals surface area contributed by atoms with Crippen molar-refractivity contribution >= 4 is 33.1 Å². The number of benzene rings is 1. The number of nitrogens with zero attached hydrogens (tertiary/aromatic N) is 2. The summed E-state index contributed by atoms with van der Waals surface area (Å²) in [5.41, 5.74) is 9.62. The number of halogens is 1. The maximum absolute atomic E-state index is 5.74. The van der Waals surface area contributed by atoms with Gasteiger partial charge in [-0.25, -0.2) is 4.98 Å². The van der Waals surface area contributed by atoms with Gasteiger partial charge in [-0.05, 0) is 32.0 Å². The van der Waals surface area contributed by atoms with E-state index in [0.29, 0.717) is 4.99 Å². The first-order valence-corrected chi connectivity index (χ1v) is 6.31. The van der Waals surface area contributed by atoms with Gasteiger partial charge in [0.1, 0.15) is 4.99 Å². The lowest BCUT2D eigenvalue weighted by Crippen LogP contribution is -2.13. The highest BCUT2D eigenvalue weighted by Gasteiger charge is 2.11. The number of nitrogens with two attached hydrogens (primary N) is 1. The summed E-state index contributed by atoms with van der Waals surface area (Å²) in [6.45, 7) is 4.00. The monoisotopic (exact) mass is 309 g/mol. The Kier molecular flexibility index (Phi) is 3.31. The van der Waals surface area contributed by atoms with E-state index >= 15 is 0 Å². The van der Waals surface area contributed by atoms with Crippen LogP contribution in [0.3, 0.4) is 0 Å². The topological polar surface area (TPSA) is 43.8 Å². The molecule has 0 fully saturated rings. The molecular formula is C12H12BrN3S. The van der Waals surface area contributed by atoms with Crippen molar-refractivity contribution in [3.05, 3.63) is 46.0 Å². The number of imidazole rings is 1. The molecule has 0 unspecified atom stereocenters. The Morgan fingerprint density at radius 2 is 2.12 bits per heavy atom. The predicted octanol–water partition coefficient (Wildman–Crippen LogP) is 2.89. The first-order chi connectivity index (χ1) is 8.00. The van der Waals surface area contributed by atoms with Gasteiger partial charge in [0.15, 0.2) is 0 Å². The van der Waals surface area contributed by atoms with Gasteiger partial charge in [0.2, 0.25) is 0 Å². The van der Waals surface area contributed by atoms with Crippen LogP contribution in [0.4, 0.5) is 0 Å². The minimum atomic E-state index is 0.387. The minimum absolute atomic E-state index is 0.387. The van der Waals surface area contributed by atoms with Crippen molar-refractivity contribution in [2.24, 2.45) is 5.73 Å². The molecule has 0 spiro atoms. The van der Waals surface area contributed by atoms with E-state index in [1.54, 1.807) is 6.33 Å². The molecule has 0 aliphatic heterocycles. The molecule has 0 aliphatic carbocycles. The average Bonchev–Trinajstić information content (AvgIpc) is 2.59. The van der Waals surface area contributed by atoms with E-state index in [4.69, 9.17) is 18.0 Å². The zero-order valence-electron chi connectivity index (χ0n) is 9.57. The third-order valence-corrected chi connectivity index (χ3v) is 3.45. The second kappa shape index (κ2) is 4.58. The fraction of sp³-hybridized carbons (Fsp3) is 0.167. The van der Waals surface area contributed by atoms with Crippen LogP contribution in [0.2, 0.25) is 0 Å². The van der Waals surface area contributed by atoms with Gasteiger partial charge in [-0.1, -0.05) is 28.1 Å². The lowest BCUT2D eigenvalue weighted by molar-refractivity contribution is 0.996. The Hall–Kier alpha value is -1.20. The molecule has 0 aliphatic rings. The Morgan fingerprint density at radius 1 is 1.41 bits per heavy atom. The van der Waals surface area contributed by atoms with Crippen molar-refractivity contribution in [3.63, 3.8) is 0 Å². The molecule has 1 aromatic carbocycles. The summed E-state index contributed by atoms with van der Waals surface area (Å²) < 4.78 is 2.98. The van der Waals surface area contributed by atoms with E-state index < -0.39 is 0 Å². The van der Waals surface area contributed by atoms with Gasteiger partial charge in [0.25, 0.3) is 0 Å². The van der Waals surface area contributed by atoms with Crippen LogP contribution in [-0.4, -0.2) is 14.5 Å². The number of hydrogen-bond donors (Lipinski definition) is 1. The highest BCUT2D eigenvalue weighted by molar-refractivity contribution is 9.10. The molecule has 3 nitrogen and oxygen atoms in total. The summed E-state index contributed by atoms with van der Waals surface area (Å²) >= 11 is 8.53. The van der Waals surface area contributed by atoms with Crippen LogP contribution in [0.15, 0.2) is 29.0 Å². The van der Waals surface area contributed by atoms with Crippen molar-refractivity contribution in [2.75, 3.05) is 0 Å². The van der Waals surface area contributed by atoms with Crippen LogP contribution in [-0.2, 0) is 0 Å². The first-order valence-electron chi connectivity index (χ1n) is 5.11. The normalized spacial score (nSPS) is 10.5. The van der Waals surface area contributed by atoms with Gasteiger partial charge >= 0.3 is 0 Å². The molecule has 2 rings (SSSR count). The number of thiocarbonyl (C=S) groups is 1.